The van der Waals surface area contributed by atoms with Crippen molar-refractivity contribution in [1.29, 1.82) is 0 Å². The van der Waals surface area contributed by atoms with E-state index in [2.05, 4.69) is 20.3 Å². The predicted octanol–water partition coefficient (Wildman–Crippen LogP) is 6.58. The van der Waals surface area contributed by atoms with E-state index in [-0.39, 0.29) is 27.0 Å². The highest BCUT2D eigenvalue weighted by atomic mass is 32.2. The number of carbonyl (C=O) groups is 3. The lowest BCUT2D eigenvalue weighted by Crippen LogP contribution is -2.40. The Balaban J connectivity index is 0.00000114. The first-order valence-corrected chi connectivity index (χ1v) is 27.5. The number of unbranched alkanes of at least 4 members (excludes halogenated alkanes) is 2. The van der Waals surface area contributed by atoms with Crippen LogP contribution in [0.3, 0.4) is 0 Å². The molecule has 10 N–H and O–H groups in total. The average molecular weight is 1060 g/mol. The highest BCUT2D eigenvalue weighted by molar-refractivity contribution is 7.99. The Bertz CT molecular complexity index is 2300. The third-order valence-corrected chi connectivity index (χ3v) is 13.0. The summed E-state index contributed by atoms with van der Waals surface area (Å²) in [6.07, 6.45) is 6.25. The molecule has 0 bridgehead atoms. The number of nitrogens with two attached hydrogens (primary N) is 2. The molecule has 0 aliphatic carbocycles. The first-order chi connectivity index (χ1) is 32.5. The highest BCUT2D eigenvalue weighted by Gasteiger charge is 2.19. The van der Waals surface area contributed by atoms with Crippen molar-refractivity contribution >= 4 is 77.3 Å². The third-order valence-electron chi connectivity index (χ3n) is 9.28. The van der Waals surface area contributed by atoms with Gasteiger partial charge in [-0.1, -0.05) is 53.1 Å². The molecule has 0 radical (unpaired) electrons. The van der Waals surface area contributed by atoms with Gasteiger partial charge in [0.05, 0.1) is 26.4 Å². The zero-order valence-corrected chi connectivity index (χ0v) is 43.8. The molecule has 70 heavy (non-hydrogen) atoms. The van der Waals surface area contributed by atoms with Crippen molar-refractivity contribution in [3.8, 4) is 0 Å². The lowest BCUT2D eigenvalue weighted by atomic mass is 10.1. The number of aliphatic imine (C=N–C) groups is 3. The summed E-state index contributed by atoms with van der Waals surface area (Å²) >= 11 is 1.72. The summed E-state index contributed by atoms with van der Waals surface area (Å²) in [7, 11) is -12.1. The van der Waals surface area contributed by atoms with Crippen LogP contribution in [-0.4, -0.2) is 121 Å². The van der Waals surface area contributed by atoms with E-state index >= 15 is 0 Å². The van der Waals surface area contributed by atoms with Crippen molar-refractivity contribution in [3.63, 3.8) is 0 Å². The molecule has 2 atom stereocenters. The van der Waals surface area contributed by atoms with E-state index in [1.165, 1.54) is 36.4 Å². The largest absolute Gasteiger partial charge is 0.480 e. The maximum Gasteiger partial charge on any atom is 0.328 e. The van der Waals surface area contributed by atoms with Crippen LogP contribution in [0.25, 0.3) is 0 Å². The lowest BCUT2D eigenvalue weighted by Gasteiger charge is -2.14. The normalized spacial score (nSPS) is 13.0. The molecule has 0 spiro atoms. The molecule has 0 saturated heterocycles. The number of amides is 1. The fourth-order valence-electron chi connectivity index (χ4n) is 5.52. The Morgan fingerprint density at radius 2 is 0.914 bits per heavy atom. The smallest absolute Gasteiger partial charge is 0.328 e. The van der Waals surface area contributed by atoms with Crippen LogP contribution in [-0.2, 0) is 44.7 Å². The van der Waals surface area contributed by atoms with Crippen molar-refractivity contribution in [2.45, 2.75) is 133 Å². The van der Waals surface area contributed by atoms with Gasteiger partial charge in [-0.25, -0.2) is 9.59 Å². The second-order valence-electron chi connectivity index (χ2n) is 15.9. The Labute approximate surface area is 417 Å². The van der Waals surface area contributed by atoms with Gasteiger partial charge < -0.3 is 27.0 Å². The Morgan fingerprint density at radius 1 is 0.557 bits per heavy atom. The molecule has 24 heteroatoms. The van der Waals surface area contributed by atoms with Gasteiger partial charge >= 0.3 is 11.9 Å². The molecule has 0 saturated carbocycles. The standard InChI is InChI=1S/C25H46N6O5S.3C7H8O3S/c1-18(30-21(24(33)34)11-4-6-14-28-19(2)26)10-8-16-37-17-9-13-23(32)31-22(25(35)36)12-5-7-15-29-20(3)27;3*1-6-2-4-7(5-3-6)11(8,9)10/h21-22H,4-17H2,1-3H3,(H2,26,28)(H2,27,29)(H,31,32)(H,33,34)(H,35,36);3*2-5H,1H3,(H,8,9,10). The van der Waals surface area contributed by atoms with E-state index in [0.717, 1.165) is 66.0 Å². The topological polar surface area (TPSA) is 356 Å². The van der Waals surface area contributed by atoms with Crippen LogP contribution in [0.5, 0.6) is 0 Å². The Kier molecular flexibility index (Phi) is 31.6. The van der Waals surface area contributed by atoms with E-state index in [4.69, 9.17) is 25.1 Å². The molecule has 0 aliphatic rings. The molecule has 392 valence electrons. The summed E-state index contributed by atoms with van der Waals surface area (Å²) < 4.78 is 88.7. The van der Waals surface area contributed by atoms with E-state index in [1.807, 2.05) is 27.7 Å². The van der Waals surface area contributed by atoms with Gasteiger partial charge in [0, 0.05) is 25.2 Å². The molecule has 3 rings (SSSR count). The van der Waals surface area contributed by atoms with Crippen LogP contribution in [0.1, 0.15) is 102 Å². The minimum atomic E-state index is -4.02. The summed E-state index contributed by atoms with van der Waals surface area (Å²) in [5.74, 6) is 0.513. The zero-order chi connectivity index (χ0) is 53.5. The number of aryl methyl sites for hydroxylation is 3. The first kappa shape index (κ1) is 64.8. The quantitative estimate of drug-likeness (QED) is 0.0192. The van der Waals surface area contributed by atoms with Crippen molar-refractivity contribution in [2.75, 3.05) is 24.6 Å². The summed E-state index contributed by atoms with van der Waals surface area (Å²) in [6, 6.07) is 16.3. The molecule has 20 nitrogen and oxygen atoms in total. The molecule has 3 aromatic carbocycles. The molecular formula is C46H70N6O14S4. The maximum absolute atomic E-state index is 12.1. The zero-order valence-electron chi connectivity index (χ0n) is 40.5. The fourth-order valence-corrected chi connectivity index (χ4v) is 7.86. The minimum absolute atomic E-state index is 0.0666. The molecule has 0 heterocycles. The average Bonchev–Trinajstić information content (AvgIpc) is 3.25. The molecule has 1 amide bonds. The second kappa shape index (κ2) is 34.1. The second-order valence-corrected chi connectivity index (χ2v) is 21.4. The third kappa shape index (κ3) is 33.3. The Morgan fingerprint density at radius 3 is 1.24 bits per heavy atom. The number of nitrogens with zero attached hydrogens (tertiary/aromatic N) is 3. The number of hydrogen-bond acceptors (Lipinski definition) is 13. The number of hydrogen-bond donors (Lipinski definition) is 8. The first-order valence-electron chi connectivity index (χ1n) is 22.0. The van der Waals surface area contributed by atoms with Crippen LogP contribution in [0.4, 0.5) is 0 Å². The Hall–Kier alpha value is -5.24. The number of carboxylic acids is 2. The van der Waals surface area contributed by atoms with Crippen molar-refractivity contribution < 1.29 is 63.5 Å². The molecule has 0 aromatic heterocycles. The van der Waals surface area contributed by atoms with Gasteiger partial charge in [-0.15, -0.1) is 0 Å². The minimum Gasteiger partial charge on any atom is -0.480 e. The summed E-state index contributed by atoms with van der Waals surface area (Å²) in [4.78, 5) is 47.3. The molecule has 0 fully saturated rings. The van der Waals surface area contributed by atoms with Crippen LogP contribution in [0.2, 0.25) is 0 Å². The van der Waals surface area contributed by atoms with Gasteiger partial charge in [0.2, 0.25) is 5.91 Å². The van der Waals surface area contributed by atoms with Gasteiger partial charge in [-0.2, -0.15) is 37.0 Å². The fraction of sp³-hybridized carbons (Fsp3) is 0.478. The molecule has 3 aromatic rings. The van der Waals surface area contributed by atoms with Gasteiger partial charge in [0.15, 0.2) is 0 Å². The van der Waals surface area contributed by atoms with E-state index in [1.54, 1.807) is 62.0 Å². The number of aliphatic carboxylic acids is 2. The van der Waals surface area contributed by atoms with Crippen LogP contribution >= 0.6 is 11.8 Å². The highest BCUT2D eigenvalue weighted by Crippen LogP contribution is 2.13. The lowest BCUT2D eigenvalue weighted by molar-refractivity contribution is -0.142. The van der Waals surface area contributed by atoms with E-state index < -0.39 is 54.4 Å². The van der Waals surface area contributed by atoms with Crippen molar-refractivity contribution in [3.05, 3.63) is 89.5 Å². The van der Waals surface area contributed by atoms with E-state index in [0.29, 0.717) is 50.4 Å². The number of benzene rings is 3. The van der Waals surface area contributed by atoms with Gasteiger partial charge in [-0.3, -0.25) is 33.4 Å². The number of amidine groups is 2. The van der Waals surface area contributed by atoms with Crippen molar-refractivity contribution in [2.24, 2.45) is 26.4 Å². The van der Waals surface area contributed by atoms with E-state index in [9.17, 15) is 49.9 Å². The molecule has 0 aliphatic heterocycles. The summed E-state index contributed by atoms with van der Waals surface area (Å²) in [6.45, 7) is 12.0. The number of carboxylic acid groups (broad SMARTS) is 2. The monoisotopic (exact) mass is 1060 g/mol. The predicted molar refractivity (Wildman–Crippen MR) is 275 cm³/mol. The summed E-state index contributed by atoms with van der Waals surface area (Å²) in [5, 5.41) is 21.3. The van der Waals surface area contributed by atoms with Gasteiger partial charge in [0.25, 0.3) is 30.4 Å². The molecular weight excluding hydrogens is 989 g/mol. The number of rotatable bonds is 25. The van der Waals surface area contributed by atoms with Gasteiger partial charge in [0.1, 0.15) is 12.1 Å². The number of carbonyl (C=O) groups excluding carboxylic acids is 1. The van der Waals surface area contributed by atoms with Crippen LogP contribution < -0.4 is 16.8 Å². The SMILES string of the molecule is CC(N)=NCCCCC(N=C(C)CCCSCCCC(=O)NC(CCCCN=C(C)N)C(=O)O)C(=O)O.Cc1ccc(S(=O)(=O)O)cc1.Cc1ccc(S(=O)(=O)O)cc1.Cc1ccc(S(=O)(=O)O)cc1. The van der Waals surface area contributed by atoms with Crippen LogP contribution in [0.15, 0.2) is 102 Å². The number of thioether (sulfide) groups is 1. The number of nitrogens with one attached hydrogen (secondary N) is 1. The van der Waals surface area contributed by atoms with Crippen LogP contribution in [0, 0.1) is 20.8 Å². The molecule has 2 unspecified atom stereocenters. The summed E-state index contributed by atoms with van der Waals surface area (Å²) in [5.41, 5.74) is 14.7. The van der Waals surface area contributed by atoms with Gasteiger partial charge in [-0.05, 0) is 147 Å². The van der Waals surface area contributed by atoms with Crippen molar-refractivity contribution in [1.82, 2.24) is 5.32 Å². The maximum atomic E-state index is 12.1.